The van der Waals surface area contributed by atoms with Crippen molar-refractivity contribution in [1.82, 2.24) is 24.1 Å². The van der Waals surface area contributed by atoms with E-state index >= 15 is 0 Å². The number of benzene rings is 1. The van der Waals surface area contributed by atoms with Crippen molar-refractivity contribution in [1.29, 1.82) is 0 Å². The summed E-state index contributed by atoms with van der Waals surface area (Å²) < 4.78 is 9.52. The second kappa shape index (κ2) is 6.77. The average Bonchev–Trinajstić information content (AvgIpc) is 3.38. The van der Waals surface area contributed by atoms with E-state index in [1.807, 2.05) is 60.6 Å². The molecule has 0 unspecified atom stereocenters. The molecule has 3 aromatic heterocycles. The van der Waals surface area contributed by atoms with Gasteiger partial charge in [-0.1, -0.05) is 11.6 Å². The molecule has 4 heterocycles. The van der Waals surface area contributed by atoms with Crippen LogP contribution in [-0.4, -0.2) is 30.8 Å². The van der Waals surface area contributed by atoms with E-state index in [9.17, 15) is 0 Å². The van der Waals surface area contributed by atoms with Crippen LogP contribution in [0.15, 0.2) is 30.6 Å². The normalized spacial score (nSPS) is 13.0. The summed E-state index contributed by atoms with van der Waals surface area (Å²) >= 11 is 6.48. The maximum absolute atomic E-state index is 6.48. The summed E-state index contributed by atoms with van der Waals surface area (Å²) in [6, 6.07) is 5.87. The zero-order valence-electron chi connectivity index (χ0n) is 16.5. The van der Waals surface area contributed by atoms with E-state index in [-0.39, 0.29) is 0 Å². The fourth-order valence-corrected chi connectivity index (χ4v) is 4.19. The third-order valence-electron chi connectivity index (χ3n) is 5.25. The van der Waals surface area contributed by atoms with Crippen LogP contribution >= 0.6 is 11.6 Å². The van der Waals surface area contributed by atoms with Gasteiger partial charge >= 0.3 is 0 Å². The number of anilines is 1. The van der Waals surface area contributed by atoms with Gasteiger partial charge in [0.1, 0.15) is 5.75 Å². The van der Waals surface area contributed by atoms with E-state index in [1.165, 1.54) is 5.56 Å². The number of hydrogen-bond acceptors (Lipinski definition) is 5. The van der Waals surface area contributed by atoms with Crippen molar-refractivity contribution < 1.29 is 4.74 Å². The molecule has 0 saturated heterocycles. The van der Waals surface area contributed by atoms with Gasteiger partial charge in [-0.25, -0.2) is 9.97 Å². The first-order chi connectivity index (χ1) is 14.0. The molecule has 0 spiro atoms. The molecule has 1 aromatic carbocycles. The van der Waals surface area contributed by atoms with Crippen molar-refractivity contribution in [2.24, 2.45) is 7.05 Å². The van der Waals surface area contributed by atoms with Gasteiger partial charge in [0.05, 0.1) is 29.3 Å². The van der Waals surface area contributed by atoms with Crippen molar-refractivity contribution in [3.63, 3.8) is 0 Å². The van der Waals surface area contributed by atoms with Crippen LogP contribution in [0.2, 0.25) is 5.02 Å². The first-order valence-electron chi connectivity index (χ1n) is 9.54. The number of halogens is 1. The van der Waals surface area contributed by atoms with Crippen LogP contribution in [0.3, 0.4) is 0 Å². The average molecular weight is 409 g/mol. The highest BCUT2D eigenvalue weighted by Gasteiger charge is 2.20. The molecular formula is C21H21ClN6O. The number of rotatable bonds is 4. The maximum Gasteiger partial charge on any atom is 0.208 e. The molecule has 5 rings (SSSR count). The first-order valence-corrected chi connectivity index (χ1v) is 9.91. The van der Waals surface area contributed by atoms with Crippen LogP contribution in [0.4, 0.5) is 5.95 Å². The first kappa shape index (κ1) is 18.0. The summed E-state index contributed by atoms with van der Waals surface area (Å²) in [5.41, 5.74) is 6.88. The Bertz CT molecular complexity index is 1240. The van der Waals surface area contributed by atoms with E-state index in [4.69, 9.17) is 21.3 Å². The Morgan fingerprint density at radius 3 is 2.90 bits per heavy atom. The van der Waals surface area contributed by atoms with Crippen molar-refractivity contribution in [2.45, 2.75) is 26.8 Å². The van der Waals surface area contributed by atoms with Gasteiger partial charge in [0.2, 0.25) is 5.95 Å². The third kappa shape index (κ3) is 3.02. The SMILES string of the molecule is Cc1cn2c(NCc3c(Cl)ccc4c3CCO4)ncc(-c3cc(C)nn3C)c2n1. The maximum atomic E-state index is 6.48. The summed E-state index contributed by atoms with van der Waals surface area (Å²) in [4.78, 5) is 9.41. The standard InChI is InChI=1S/C21H21ClN6O/c1-12-8-18(27(3)26-12)16-10-24-21(28-11-13(2)25-20(16)28)23-9-15-14-6-7-29-19(14)5-4-17(15)22/h4-5,8,10-11H,6-7,9H2,1-3H3,(H,23,24). The molecule has 4 aromatic rings. The van der Waals surface area contributed by atoms with Crippen molar-refractivity contribution in [3.8, 4) is 17.0 Å². The van der Waals surface area contributed by atoms with Crippen LogP contribution < -0.4 is 10.1 Å². The summed E-state index contributed by atoms with van der Waals surface area (Å²) in [6.07, 6.45) is 4.71. The van der Waals surface area contributed by atoms with E-state index in [0.717, 1.165) is 57.0 Å². The Balaban J connectivity index is 1.54. The number of aromatic nitrogens is 5. The van der Waals surface area contributed by atoms with Crippen molar-refractivity contribution >= 4 is 23.2 Å². The predicted molar refractivity (Wildman–Crippen MR) is 113 cm³/mol. The Morgan fingerprint density at radius 2 is 2.10 bits per heavy atom. The molecule has 8 heteroatoms. The van der Waals surface area contributed by atoms with Crippen LogP contribution in [0.25, 0.3) is 16.9 Å². The molecule has 7 nitrogen and oxygen atoms in total. The minimum absolute atomic E-state index is 0.564. The monoisotopic (exact) mass is 408 g/mol. The van der Waals surface area contributed by atoms with Gasteiger partial charge in [-0.05, 0) is 37.6 Å². The topological polar surface area (TPSA) is 69.3 Å². The van der Waals surface area contributed by atoms with Crippen LogP contribution in [0, 0.1) is 13.8 Å². The largest absolute Gasteiger partial charge is 0.493 e. The minimum Gasteiger partial charge on any atom is -0.493 e. The highest BCUT2D eigenvalue weighted by Crippen LogP contribution is 2.34. The van der Waals surface area contributed by atoms with Crippen molar-refractivity contribution in [3.05, 3.63) is 58.1 Å². The van der Waals surface area contributed by atoms with E-state index in [1.54, 1.807) is 0 Å². The lowest BCUT2D eigenvalue weighted by Gasteiger charge is -2.13. The Kier molecular flexibility index (Phi) is 4.20. The Labute approximate surface area is 173 Å². The summed E-state index contributed by atoms with van der Waals surface area (Å²) in [7, 11) is 1.93. The van der Waals surface area contributed by atoms with Gasteiger partial charge in [-0.2, -0.15) is 5.10 Å². The highest BCUT2D eigenvalue weighted by atomic mass is 35.5. The molecule has 1 aliphatic rings. The molecule has 29 heavy (non-hydrogen) atoms. The second-order valence-electron chi connectivity index (χ2n) is 7.32. The molecule has 0 fully saturated rings. The molecule has 0 aliphatic carbocycles. The minimum atomic E-state index is 0.564. The predicted octanol–water partition coefficient (Wildman–Crippen LogP) is 3.95. The number of fused-ring (bicyclic) bond motifs is 2. The number of ether oxygens (including phenoxy) is 1. The smallest absolute Gasteiger partial charge is 0.208 e. The summed E-state index contributed by atoms with van der Waals surface area (Å²) in [6.45, 7) is 5.22. The second-order valence-corrected chi connectivity index (χ2v) is 7.73. The molecule has 1 N–H and O–H groups in total. The number of nitrogens with zero attached hydrogens (tertiary/aromatic N) is 5. The zero-order chi connectivity index (χ0) is 20.1. The Morgan fingerprint density at radius 1 is 1.24 bits per heavy atom. The van der Waals surface area contributed by atoms with Crippen LogP contribution in [0.1, 0.15) is 22.5 Å². The van der Waals surface area contributed by atoms with Gasteiger partial charge in [0, 0.05) is 43.0 Å². The van der Waals surface area contributed by atoms with Gasteiger partial charge in [0.15, 0.2) is 5.65 Å². The fraction of sp³-hybridized carbons (Fsp3) is 0.286. The zero-order valence-corrected chi connectivity index (χ0v) is 17.3. The number of imidazole rings is 1. The molecule has 148 valence electrons. The van der Waals surface area contributed by atoms with E-state index in [0.29, 0.717) is 13.2 Å². The van der Waals surface area contributed by atoms with Gasteiger partial charge in [0.25, 0.3) is 0 Å². The fourth-order valence-electron chi connectivity index (χ4n) is 3.94. The van der Waals surface area contributed by atoms with Gasteiger partial charge in [-0.15, -0.1) is 0 Å². The number of nitrogens with one attached hydrogen (secondary N) is 1. The molecule has 0 bridgehead atoms. The Hall–Kier alpha value is -3.06. The lowest BCUT2D eigenvalue weighted by Crippen LogP contribution is -2.09. The number of aryl methyl sites for hydroxylation is 3. The molecule has 0 saturated carbocycles. The molecular weight excluding hydrogens is 388 g/mol. The van der Waals surface area contributed by atoms with Crippen molar-refractivity contribution in [2.75, 3.05) is 11.9 Å². The quantitative estimate of drug-likeness (QED) is 0.553. The molecule has 1 aliphatic heterocycles. The highest BCUT2D eigenvalue weighted by molar-refractivity contribution is 6.31. The van der Waals surface area contributed by atoms with Gasteiger partial charge in [-0.3, -0.25) is 9.08 Å². The lowest BCUT2D eigenvalue weighted by atomic mass is 10.1. The molecule has 0 amide bonds. The number of hydrogen-bond donors (Lipinski definition) is 1. The van der Waals surface area contributed by atoms with E-state index in [2.05, 4.69) is 15.4 Å². The van der Waals surface area contributed by atoms with E-state index < -0.39 is 0 Å². The molecule has 0 atom stereocenters. The summed E-state index contributed by atoms with van der Waals surface area (Å²) in [5, 5.41) is 8.63. The lowest BCUT2D eigenvalue weighted by molar-refractivity contribution is 0.357. The van der Waals surface area contributed by atoms with Crippen LogP contribution in [-0.2, 0) is 20.0 Å². The van der Waals surface area contributed by atoms with Gasteiger partial charge < -0.3 is 10.1 Å². The summed E-state index contributed by atoms with van der Waals surface area (Å²) in [5.74, 6) is 1.64. The van der Waals surface area contributed by atoms with Crippen LogP contribution in [0.5, 0.6) is 5.75 Å². The molecule has 0 radical (unpaired) electrons. The third-order valence-corrected chi connectivity index (χ3v) is 5.61.